The fourth-order valence-corrected chi connectivity index (χ4v) is 4.95. The van der Waals surface area contributed by atoms with Gasteiger partial charge in [-0.2, -0.15) is 0 Å². The first-order chi connectivity index (χ1) is 14.7. The molecule has 0 unspecified atom stereocenters. The average molecular weight is 515 g/mol. The fraction of sp³-hybridized carbons (Fsp3) is 0.360. The highest BCUT2D eigenvalue weighted by Gasteiger charge is 2.22. The maximum absolute atomic E-state index is 12.4. The summed E-state index contributed by atoms with van der Waals surface area (Å²) in [6.45, 7) is 0.367. The van der Waals surface area contributed by atoms with Crippen LogP contribution in [0, 0.1) is 9.62 Å². The molecule has 1 aromatic heterocycles. The molecule has 156 valence electrons. The Labute approximate surface area is 191 Å². The number of fused-ring (bicyclic) bond motifs is 1. The Morgan fingerprint density at radius 2 is 1.80 bits per heavy atom. The van der Waals surface area contributed by atoms with Gasteiger partial charge in [-0.25, -0.2) is 9.78 Å². The van der Waals surface area contributed by atoms with Crippen LogP contribution in [0.4, 0.5) is 0 Å². The lowest BCUT2D eigenvalue weighted by atomic mass is 9.84. The molecule has 1 heterocycles. The minimum Gasteiger partial charge on any atom is -0.486 e. The number of pyridine rings is 1. The number of methoxy groups -OCH3 is 1. The van der Waals surface area contributed by atoms with Gasteiger partial charge in [-0.3, -0.25) is 0 Å². The number of benzene rings is 2. The molecule has 30 heavy (non-hydrogen) atoms. The lowest BCUT2D eigenvalue weighted by Gasteiger charge is -2.22. The van der Waals surface area contributed by atoms with Gasteiger partial charge in [-0.15, -0.1) is 0 Å². The van der Waals surface area contributed by atoms with Crippen LogP contribution in [-0.4, -0.2) is 18.1 Å². The topological polar surface area (TPSA) is 48.4 Å². The average Bonchev–Trinajstić information content (AvgIpc) is 2.79. The van der Waals surface area contributed by atoms with Gasteiger partial charge in [0, 0.05) is 10.8 Å². The summed E-state index contributed by atoms with van der Waals surface area (Å²) in [6.07, 6.45) is 7.80. The van der Waals surface area contributed by atoms with Crippen LogP contribution in [0.3, 0.4) is 0 Å². The van der Waals surface area contributed by atoms with E-state index in [0.29, 0.717) is 12.4 Å². The second-order valence-corrected chi connectivity index (χ2v) is 8.96. The quantitative estimate of drug-likeness (QED) is 0.219. The van der Waals surface area contributed by atoms with Crippen molar-refractivity contribution in [1.82, 2.24) is 4.98 Å². The van der Waals surface area contributed by atoms with Crippen LogP contribution in [0.2, 0.25) is 0 Å². The van der Waals surface area contributed by atoms with Crippen LogP contribution in [0.25, 0.3) is 10.8 Å². The van der Waals surface area contributed by atoms with Crippen LogP contribution < -0.4 is 4.74 Å². The number of hydrogen-bond acceptors (Lipinski definition) is 4. The molecule has 0 radical (unpaired) electrons. The predicted octanol–water partition coefficient (Wildman–Crippen LogP) is 6.33. The van der Waals surface area contributed by atoms with Gasteiger partial charge in [0.15, 0.2) is 11.4 Å². The molecule has 0 saturated heterocycles. The summed E-state index contributed by atoms with van der Waals surface area (Å²) in [5.74, 6) is 0.777. The number of aromatic nitrogens is 1. The molecule has 1 aliphatic rings. The molecule has 0 atom stereocenters. The maximum Gasteiger partial charge on any atom is 0.360 e. The van der Waals surface area contributed by atoms with E-state index in [0.717, 1.165) is 32.4 Å². The van der Waals surface area contributed by atoms with Crippen molar-refractivity contribution < 1.29 is 14.3 Å². The van der Waals surface area contributed by atoms with Crippen molar-refractivity contribution in [2.45, 2.75) is 45.1 Å². The summed E-state index contributed by atoms with van der Waals surface area (Å²) in [7, 11) is 1.37. The number of carbonyl (C=O) groups is 1. The van der Waals surface area contributed by atoms with Gasteiger partial charge in [-0.1, -0.05) is 74.6 Å². The van der Waals surface area contributed by atoms with E-state index in [1.54, 1.807) is 0 Å². The lowest BCUT2D eigenvalue weighted by molar-refractivity contribution is 0.0588. The van der Waals surface area contributed by atoms with E-state index in [9.17, 15) is 4.79 Å². The van der Waals surface area contributed by atoms with Crippen molar-refractivity contribution >= 4 is 39.3 Å². The first kappa shape index (κ1) is 21.1. The van der Waals surface area contributed by atoms with E-state index < -0.39 is 5.97 Å². The van der Waals surface area contributed by atoms with E-state index in [1.165, 1.54) is 44.8 Å². The summed E-state index contributed by atoms with van der Waals surface area (Å²) < 4.78 is 11.9. The first-order valence-corrected chi connectivity index (χ1v) is 11.6. The molecule has 0 amide bonds. The third-order valence-corrected chi connectivity index (χ3v) is 6.65. The SMILES string of the molecule is COC(=O)c1nc(I)c2cc(CC3CCCCC3)ccc2c1OCc1ccccc1. The molecule has 5 heteroatoms. The Balaban J connectivity index is 1.70. The van der Waals surface area contributed by atoms with Gasteiger partial charge in [0.25, 0.3) is 0 Å². The van der Waals surface area contributed by atoms with Gasteiger partial charge in [0.1, 0.15) is 10.3 Å². The van der Waals surface area contributed by atoms with Crippen LogP contribution in [0.15, 0.2) is 48.5 Å². The molecule has 1 aliphatic carbocycles. The largest absolute Gasteiger partial charge is 0.486 e. The standard InChI is InChI=1S/C25H26INO3/c1-29-25(28)22-23(30-16-18-10-6-3-7-11-18)20-13-12-19(15-21(20)24(26)27-22)14-17-8-4-2-5-9-17/h3,6-7,10-13,15,17H,2,4-5,8-9,14,16H2,1H3. The fourth-order valence-electron chi connectivity index (χ4n) is 4.26. The highest BCUT2D eigenvalue weighted by molar-refractivity contribution is 14.1. The molecule has 4 rings (SSSR count). The Morgan fingerprint density at radius 3 is 2.53 bits per heavy atom. The number of esters is 1. The number of nitrogens with zero attached hydrogens (tertiary/aromatic N) is 1. The van der Waals surface area contributed by atoms with Gasteiger partial charge in [0.05, 0.1) is 7.11 Å². The monoisotopic (exact) mass is 515 g/mol. The molecule has 0 aliphatic heterocycles. The summed E-state index contributed by atoms with van der Waals surface area (Å²) in [5, 5.41) is 1.93. The zero-order valence-electron chi connectivity index (χ0n) is 17.2. The maximum atomic E-state index is 12.4. The van der Waals surface area contributed by atoms with Gasteiger partial charge < -0.3 is 9.47 Å². The molecule has 1 fully saturated rings. The molecule has 2 aromatic carbocycles. The van der Waals surface area contributed by atoms with Crippen molar-refractivity contribution in [1.29, 1.82) is 0 Å². The summed E-state index contributed by atoms with van der Waals surface area (Å²) >= 11 is 2.20. The number of carbonyl (C=O) groups excluding carboxylic acids is 1. The molecule has 0 bridgehead atoms. The van der Waals surface area contributed by atoms with Gasteiger partial charge in [0.2, 0.25) is 0 Å². The first-order valence-electron chi connectivity index (χ1n) is 10.5. The third kappa shape index (κ3) is 4.77. The van der Waals surface area contributed by atoms with Crippen LogP contribution >= 0.6 is 22.6 Å². The van der Waals surface area contributed by atoms with Crippen molar-refractivity contribution in [3.8, 4) is 5.75 Å². The highest BCUT2D eigenvalue weighted by atomic mass is 127. The Bertz CT molecular complexity index is 1030. The van der Waals surface area contributed by atoms with Crippen LogP contribution in [0.5, 0.6) is 5.75 Å². The summed E-state index contributed by atoms with van der Waals surface area (Å²) in [6, 6.07) is 16.4. The molecule has 0 spiro atoms. The number of hydrogen-bond donors (Lipinski definition) is 0. The van der Waals surface area contributed by atoms with Gasteiger partial charge >= 0.3 is 5.97 Å². The second kappa shape index (κ2) is 9.77. The molecular weight excluding hydrogens is 489 g/mol. The lowest BCUT2D eigenvalue weighted by Crippen LogP contribution is -2.11. The Morgan fingerprint density at radius 1 is 1.03 bits per heavy atom. The van der Waals surface area contributed by atoms with E-state index in [1.807, 2.05) is 30.3 Å². The Hall–Kier alpha value is -2.15. The minimum atomic E-state index is -0.482. The summed E-state index contributed by atoms with van der Waals surface area (Å²) in [5.41, 5.74) is 2.59. The molecule has 1 saturated carbocycles. The second-order valence-electron chi connectivity index (χ2n) is 7.93. The smallest absolute Gasteiger partial charge is 0.360 e. The van der Waals surface area contributed by atoms with E-state index in [4.69, 9.17) is 9.47 Å². The highest BCUT2D eigenvalue weighted by Crippen LogP contribution is 2.35. The molecular formula is C25H26INO3. The van der Waals surface area contributed by atoms with Gasteiger partial charge in [-0.05, 0) is 52.1 Å². The van der Waals surface area contributed by atoms with Crippen LogP contribution in [-0.2, 0) is 17.8 Å². The van der Waals surface area contributed by atoms with Crippen molar-refractivity contribution in [3.05, 3.63) is 69.1 Å². The zero-order chi connectivity index (χ0) is 20.9. The Kier molecular flexibility index (Phi) is 6.87. The number of halogens is 1. The van der Waals surface area contributed by atoms with Crippen molar-refractivity contribution in [2.75, 3.05) is 7.11 Å². The van der Waals surface area contributed by atoms with Crippen molar-refractivity contribution in [3.63, 3.8) is 0 Å². The van der Waals surface area contributed by atoms with E-state index in [-0.39, 0.29) is 5.69 Å². The van der Waals surface area contributed by atoms with Crippen LogP contribution in [0.1, 0.15) is 53.7 Å². The zero-order valence-corrected chi connectivity index (χ0v) is 19.4. The third-order valence-electron chi connectivity index (χ3n) is 5.83. The predicted molar refractivity (Wildman–Crippen MR) is 127 cm³/mol. The minimum absolute atomic E-state index is 0.227. The van der Waals surface area contributed by atoms with E-state index >= 15 is 0 Å². The van der Waals surface area contributed by atoms with Crippen molar-refractivity contribution in [2.24, 2.45) is 5.92 Å². The summed E-state index contributed by atoms with van der Waals surface area (Å²) in [4.78, 5) is 17.0. The normalized spacial score (nSPS) is 14.6. The number of ether oxygens (including phenoxy) is 2. The van der Waals surface area contributed by atoms with E-state index in [2.05, 4.69) is 45.8 Å². The molecule has 4 nitrogen and oxygen atoms in total. The molecule has 3 aromatic rings. The molecule has 0 N–H and O–H groups in total. The number of rotatable bonds is 6.